The quantitative estimate of drug-likeness (QED) is 0.147. The van der Waals surface area contributed by atoms with E-state index >= 15 is 0 Å². The minimum absolute atomic E-state index is 0.817. The summed E-state index contributed by atoms with van der Waals surface area (Å²) < 4.78 is 12.1. The summed E-state index contributed by atoms with van der Waals surface area (Å²) in [5.74, 6) is 0.817. The molecule has 0 N–H and O–H groups in total. The fraction of sp³-hybridized carbons (Fsp3) is 0.0196. The number of benzene rings is 9. The van der Waals surface area contributed by atoms with Gasteiger partial charge in [0.05, 0.1) is 7.11 Å². The number of fused-ring (bicyclic) bond motifs is 8. The summed E-state index contributed by atoms with van der Waals surface area (Å²) in [4.78, 5) is 4.60. The van der Waals surface area contributed by atoms with Gasteiger partial charge in [0.25, 0.3) is 0 Å². The molecular formula is C51H36N2O2. The highest BCUT2D eigenvalue weighted by molar-refractivity contribution is 6.30. The largest absolute Gasteiger partial charge is 0.497 e. The summed E-state index contributed by atoms with van der Waals surface area (Å²) in [5, 5.41) is 6.91. The second-order valence-electron chi connectivity index (χ2n) is 13.7. The molecule has 0 bridgehead atoms. The molecule has 0 aliphatic heterocycles. The number of nitrogens with zero attached hydrogens (tertiary/aromatic N) is 2. The molecule has 0 saturated carbocycles. The molecule has 0 radical (unpaired) electrons. The predicted molar refractivity (Wildman–Crippen MR) is 230 cm³/mol. The minimum atomic E-state index is 0.817. The molecule has 4 heteroatoms. The molecule has 1 aromatic heterocycles. The number of ether oxygens (including phenoxy) is 1. The van der Waals surface area contributed by atoms with Gasteiger partial charge in [-0.05, 0) is 118 Å². The molecule has 10 aromatic rings. The van der Waals surface area contributed by atoms with Crippen LogP contribution in [0, 0.1) is 0 Å². The van der Waals surface area contributed by atoms with Gasteiger partial charge < -0.3 is 19.0 Å². The topological polar surface area (TPSA) is 28.9 Å². The summed E-state index contributed by atoms with van der Waals surface area (Å²) in [6.45, 7) is 0. The van der Waals surface area contributed by atoms with Crippen LogP contribution >= 0.6 is 0 Å². The van der Waals surface area contributed by atoms with Crippen LogP contribution in [0.4, 0.5) is 34.1 Å². The monoisotopic (exact) mass is 708 g/mol. The summed E-state index contributed by atoms with van der Waals surface area (Å²) >= 11 is 0. The summed E-state index contributed by atoms with van der Waals surface area (Å²) in [5.41, 5.74) is 10.6. The van der Waals surface area contributed by atoms with Crippen LogP contribution in [0.3, 0.4) is 0 Å². The molecule has 4 nitrogen and oxygen atoms in total. The number of rotatable bonds is 8. The van der Waals surface area contributed by atoms with Gasteiger partial charge >= 0.3 is 0 Å². The maximum Gasteiger partial charge on any atom is 0.143 e. The molecule has 0 aliphatic rings. The van der Waals surface area contributed by atoms with Crippen LogP contribution in [0.2, 0.25) is 0 Å². The summed E-state index contributed by atoms with van der Waals surface area (Å²) in [7, 11) is 1.70. The summed E-state index contributed by atoms with van der Waals surface area (Å²) in [6, 6.07) is 70.6. The molecule has 0 spiro atoms. The fourth-order valence-electron chi connectivity index (χ4n) is 7.92. The minimum Gasteiger partial charge on any atom is -0.497 e. The maximum absolute atomic E-state index is 6.56. The smallest absolute Gasteiger partial charge is 0.143 e. The normalized spacial score (nSPS) is 11.4. The number of anilines is 6. The number of furan rings is 1. The standard InChI is InChI=1S/C51H36N2O2/c1-54-43-31-28-41(29-32-43)53(42-30-33-45-44-16-8-9-17-46(44)51-50(48(45)34-42)47-18-10-11-19-49(47)55-51)40-26-22-36(23-27-40)35-20-24-39(25-21-35)52(37-12-4-2-5-13-37)38-14-6-3-7-15-38/h2-34H,1H3. The van der Waals surface area contributed by atoms with Gasteiger partial charge in [-0.1, -0.05) is 109 Å². The first-order valence-electron chi connectivity index (χ1n) is 18.5. The molecule has 0 fully saturated rings. The molecule has 0 aliphatic carbocycles. The van der Waals surface area contributed by atoms with Crippen LogP contribution in [-0.2, 0) is 0 Å². The van der Waals surface area contributed by atoms with Crippen molar-refractivity contribution in [2.45, 2.75) is 0 Å². The fourth-order valence-corrected chi connectivity index (χ4v) is 7.92. The van der Waals surface area contributed by atoms with Crippen molar-refractivity contribution >= 4 is 77.6 Å². The third-order valence-corrected chi connectivity index (χ3v) is 10.5. The Balaban J connectivity index is 1.07. The molecule has 1 heterocycles. The first kappa shape index (κ1) is 32.4. The van der Waals surface area contributed by atoms with Gasteiger partial charge in [0, 0.05) is 50.3 Å². The van der Waals surface area contributed by atoms with Crippen LogP contribution in [0.15, 0.2) is 205 Å². The van der Waals surface area contributed by atoms with Crippen molar-refractivity contribution in [3.05, 3.63) is 200 Å². The zero-order valence-corrected chi connectivity index (χ0v) is 30.3. The third kappa shape index (κ3) is 5.72. The Morgan fingerprint density at radius 2 is 0.800 bits per heavy atom. The van der Waals surface area contributed by atoms with Gasteiger partial charge in [-0.3, -0.25) is 0 Å². The third-order valence-electron chi connectivity index (χ3n) is 10.5. The number of methoxy groups -OCH3 is 1. The van der Waals surface area contributed by atoms with Crippen molar-refractivity contribution in [1.29, 1.82) is 0 Å². The zero-order chi connectivity index (χ0) is 36.7. The Morgan fingerprint density at radius 3 is 1.38 bits per heavy atom. The van der Waals surface area contributed by atoms with E-state index in [-0.39, 0.29) is 0 Å². The summed E-state index contributed by atoms with van der Waals surface area (Å²) in [6.07, 6.45) is 0. The first-order chi connectivity index (χ1) is 27.2. The van der Waals surface area contributed by atoms with Crippen molar-refractivity contribution in [2.75, 3.05) is 16.9 Å². The SMILES string of the molecule is COc1ccc(N(c2ccc(-c3ccc(N(c4ccccc4)c4ccccc4)cc3)cc2)c2ccc3c4ccccc4c4oc5ccccc5c4c3c2)cc1. The van der Waals surface area contributed by atoms with Gasteiger partial charge in [0.15, 0.2) is 0 Å². The molecule has 0 unspecified atom stereocenters. The molecule has 9 aromatic carbocycles. The van der Waals surface area contributed by atoms with Crippen molar-refractivity contribution in [3.8, 4) is 16.9 Å². The first-order valence-corrected chi connectivity index (χ1v) is 18.5. The molecule has 0 atom stereocenters. The van der Waals surface area contributed by atoms with Crippen molar-refractivity contribution in [1.82, 2.24) is 0 Å². The van der Waals surface area contributed by atoms with Crippen LogP contribution in [0.5, 0.6) is 5.75 Å². The van der Waals surface area contributed by atoms with Gasteiger partial charge in [-0.2, -0.15) is 0 Å². The zero-order valence-electron chi connectivity index (χ0n) is 30.3. The molecule has 0 amide bonds. The predicted octanol–water partition coefficient (Wildman–Crippen LogP) is 14.5. The Hall–Kier alpha value is -7.30. The highest BCUT2D eigenvalue weighted by Gasteiger charge is 2.19. The molecule has 10 rings (SSSR count). The molecule has 0 saturated heterocycles. The number of hydrogen-bond donors (Lipinski definition) is 0. The number of hydrogen-bond acceptors (Lipinski definition) is 4. The Bertz CT molecular complexity index is 2900. The van der Waals surface area contributed by atoms with Crippen LogP contribution in [0.1, 0.15) is 0 Å². The lowest BCUT2D eigenvalue weighted by Gasteiger charge is -2.26. The molecular weight excluding hydrogens is 673 g/mol. The lowest BCUT2D eigenvalue weighted by Crippen LogP contribution is -2.10. The van der Waals surface area contributed by atoms with Gasteiger partial charge in [-0.15, -0.1) is 0 Å². The van der Waals surface area contributed by atoms with Gasteiger partial charge in [-0.25, -0.2) is 0 Å². The van der Waals surface area contributed by atoms with Gasteiger partial charge in [0.1, 0.15) is 16.9 Å². The average molecular weight is 709 g/mol. The van der Waals surface area contributed by atoms with E-state index in [1.54, 1.807) is 7.11 Å². The molecule has 55 heavy (non-hydrogen) atoms. The van der Waals surface area contributed by atoms with Crippen LogP contribution < -0.4 is 14.5 Å². The average Bonchev–Trinajstić information content (AvgIpc) is 3.66. The second-order valence-corrected chi connectivity index (χ2v) is 13.7. The molecule has 262 valence electrons. The highest BCUT2D eigenvalue weighted by Crippen LogP contribution is 2.44. The van der Waals surface area contributed by atoms with Crippen molar-refractivity contribution in [2.24, 2.45) is 0 Å². The lowest BCUT2D eigenvalue weighted by molar-refractivity contribution is 0.415. The second kappa shape index (κ2) is 13.6. The number of para-hydroxylation sites is 3. The Kier molecular flexibility index (Phi) is 8.00. The lowest BCUT2D eigenvalue weighted by atomic mass is 9.96. The van der Waals surface area contributed by atoms with E-state index in [9.17, 15) is 0 Å². The maximum atomic E-state index is 6.56. The van der Waals surface area contributed by atoms with E-state index < -0.39 is 0 Å². The van der Waals surface area contributed by atoms with Crippen molar-refractivity contribution < 1.29 is 9.15 Å². The van der Waals surface area contributed by atoms with E-state index in [0.29, 0.717) is 0 Å². The Morgan fingerprint density at radius 1 is 0.364 bits per heavy atom. The van der Waals surface area contributed by atoms with Gasteiger partial charge in [0.2, 0.25) is 0 Å². The van der Waals surface area contributed by atoms with Crippen molar-refractivity contribution in [3.63, 3.8) is 0 Å². The van der Waals surface area contributed by atoms with Crippen LogP contribution in [-0.4, -0.2) is 7.11 Å². The van der Waals surface area contributed by atoms with E-state index in [4.69, 9.17) is 9.15 Å². The van der Waals surface area contributed by atoms with Crippen LogP contribution in [0.25, 0.3) is 54.6 Å². The van der Waals surface area contributed by atoms with E-state index in [0.717, 1.165) is 83.7 Å². The van der Waals surface area contributed by atoms with E-state index in [2.05, 4.69) is 192 Å². The highest BCUT2D eigenvalue weighted by atomic mass is 16.5. The van der Waals surface area contributed by atoms with E-state index in [1.165, 1.54) is 10.8 Å². The van der Waals surface area contributed by atoms with E-state index in [1.807, 2.05) is 18.2 Å². The Labute approximate surface area is 319 Å².